The second-order valence-corrected chi connectivity index (χ2v) is 8.47. The molecule has 3 rings (SSSR count). The van der Waals surface area contributed by atoms with Gasteiger partial charge in [0.2, 0.25) is 0 Å². The monoisotopic (exact) mass is 443 g/mol. The molecule has 0 spiro atoms. The van der Waals surface area contributed by atoms with Gasteiger partial charge in [0, 0.05) is 20.7 Å². The van der Waals surface area contributed by atoms with Gasteiger partial charge >= 0.3 is 0 Å². The summed E-state index contributed by atoms with van der Waals surface area (Å²) in [5, 5.41) is 0. The molecule has 0 saturated heterocycles. The summed E-state index contributed by atoms with van der Waals surface area (Å²) in [6.45, 7) is 4.53. The fourth-order valence-corrected chi connectivity index (χ4v) is 4.29. The molecule has 122 valence electrons. The van der Waals surface area contributed by atoms with Crippen LogP contribution in [0.3, 0.4) is 0 Å². The van der Waals surface area contributed by atoms with Crippen LogP contribution in [0.2, 0.25) is 0 Å². The van der Waals surface area contributed by atoms with Gasteiger partial charge in [0.1, 0.15) is 0 Å². The van der Waals surface area contributed by atoms with Crippen LogP contribution in [-0.2, 0) is 11.8 Å². The molecule has 0 aliphatic carbocycles. The quantitative estimate of drug-likeness (QED) is 0.431. The van der Waals surface area contributed by atoms with E-state index < -0.39 is 0 Å². The second kappa shape index (κ2) is 7.20. The Morgan fingerprint density at radius 1 is 0.875 bits per heavy atom. The van der Waals surface area contributed by atoms with E-state index >= 15 is 0 Å². The molecule has 0 fully saturated rings. The Morgan fingerprint density at radius 2 is 1.54 bits per heavy atom. The molecule has 3 heteroatoms. The first-order valence-electron chi connectivity index (χ1n) is 7.91. The van der Waals surface area contributed by atoms with E-state index in [-0.39, 0.29) is 5.41 Å². The van der Waals surface area contributed by atoms with Crippen molar-refractivity contribution in [3.05, 3.63) is 86.9 Å². The lowest BCUT2D eigenvalue weighted by Crippen LogP contribution is -2.20. The van der Waals surface area contributed by atoms with Gasteiger partial charge in [0.15, 0.2) is 0 Å². The Bertz CT molecular complexity index is 804. The lowest BCUT2D eigenvalue weighted by Gasteiger charge is -2.25. The molecule has 0 saturated carbocycles. The van der Waals surface area contributed by atoms with Crippen LogP contribution < -0.4 is 0 Å². The maximum Gasteiger partial charge on any atom is 0.0702 e. The van der Waals surface area contributed by atoms with Crippen molar-refractivity contribution in [1.82, 2.24) is 4.98 Å². The molecule has 0 aliphatic heterocycles. The molecule has 0 aliphatic rings. The highest BCUT2D eigenvalue weighted by atomic mass is 79.9. The van der Waals surface area contributed by atoms with Gasteiger partial charge in [-0.1, -0.05) is 82.1 Å². The fourth-order valence-electron chi connectivity index (χ4n) is 2.90. The topological polar surface area (TPSA) is 12.9 Å². The van der Waals surface area contributed by atoms with Crippen molar-refractivity contribution in [2.75, 3.05) is 0 Å². The first-order valence-corrected chi connectivity index (χ1v) is 9.49. The van der Waals surface area contributed by atoms with Crippen LogP contribution in [0.15, 0.2) is 75.8 Å². The third-order valence-electron chi connectivity index (χ3n) is 4.18. The van der Waals surface area contributed by atoms with Gasteiger partial charge in [0.05, 0.1) is 5.69 Å². The average Bonchev–Trinajstić information content (AvgIpc) is 2.54. The molecule has 0 unspecified atom stereocenters. The summed E-state index contributed by atoms with van der Waals surface area (Å²) in [4.78, 5) is 4.67. The highest BCUT2D eigenvalue weighted by Crippen LogP contribution is 2.30. The lowest BCUT2D eigenvalue weighted by molar-refractivity contribution is 0.520. The number of hydrogen-bond donors (Lipinski definition) is 0. The van der Waals surface area contributed by atoms with Crippen molar-refractivity contribution in [2.24, 2.45) is 0 Å². The Kier molecular flexibility index (Phi) is 5.21. The van der Waals surface area contributed by atoms with E-state index in [1.165, 1.54) is 11.1 Å². The molecule has 1 nitrogen and oxygen atoms in total. The third-order valence-corrected chi connectivity index (χ3v) is 5.10. The van der Waals surface area contributed by atoms with E-state index in [2.05, 4.69) is 93.2 Å². The standard InChI is InChI=1S/C21H19Br2N/c1-21(2,13-15-10-18(22)12-19(23)11-15)17-8-9-20(24-14-17)16-6-4-3-5-7-16/h3-12,14H,13H2,1-2H3. The number of rotatable bonds is 4. The molecule has 3 aromatic rings. The molecule has 1 heterocycles. The molecule has 2 aromatic carbocycles. The molecule has 0 bridgehead atoms. The van der Waals surface area contributed by atoms with Crippen molar-refractivity contribution in [2.45, 2.75) is 25.7 Å². The van der Waals surface area contributed by atoms with Crippen LogP contribution in [0.4, 0.5) is 0 Å². The van der Waals surface area contributed by atoms with Crippen LogP contribution in [0.1, 0.15) is 25.0 Å². The smallest absolute Gasteiger partial charge is 0.0702 e. The Morgan fingerprint density at radius 3 is 2.12 bits per heavy atom. The minimum atomic E-state index is 0.0163. The zero-order chi connectivity index (χ0) is 17.2. The SMILES string of the molecule is CC(C)(Cc1cc(Br)cc(Br)c1)c1ccc(-c2ccccc2)nc1. The summed E-state index contributed by atoms with van der Waals surface area (Å²) >= 11 is 7.14. The molecule has 0 amide bonds. The lowest BCUT2D eigenvalue weighted by atomic mass is 9.80. The summed E-state index contributed by atoms with van der Waals surface area (Å²) in [5.41, 5.74) is 4.73. The summed E-state index contributed by atoms with van der Waals surface area (Å²) in [5.74, 6) is 0. The van der Waals surface area contributed by atoms with E-state index in [9.17, 15) is 0 Å². The van der Waals surface area contributed by atoms with Gasteiger partial charge in [-0.25, -0.2) is 0 Å². The molecule has 0 radical (unpaired) electrons. The number of hydrogen-bond acceptors (Lipinski definition) is 1. The van der Waals surface area contributed by atoms with E-state index in [0.717, 1.165) is 26.6 Å². The van der Waals surface area contributed by atoms with Crippen LogP contribution in [-0.4, -0.2) is 4.98 Å². The van der Waals surface area contributed by atoms with Gasteiger partial charge in [-0.2, -0.15) is 0 Å². The predicted molar refractivity (Wildman–Crippen MR) is 108 cm³/mol. The number of pyridine rings is 1. The van der Waals surface area contributed by atoms with Crippen LogP contribution >= 0.6 is 31.9 Å². The van der Waals surface area contributed by atoms with Gasteiger partial charge in [-0.15, -0.1) is 0 Å². The zero-order valence-electron chi connectivity index (χ0n) is 13.8. The van der Waals surface area contributed by atoms with Crippen LogP contribution in [0, 0.1) is 0 Å². The first-order chi connectivity index (χ1) is 11.4. The molecule has 1 aromatic heterocycles. The van der Waals surface area contributed by atoms with E-state index in [0.29, 0.717) is 0 Å². The van der Waals surface area contributed by atoms with Gasteiger partial charge < -0.3 is 0 Å². The van der Waals surface area contributed by atoms with Gasteiger partial charge in [0.25, 0.3) is 0 Å². The third kappa shape index (κ3) is 4.14. The highest BCUT2D eigenvalue weighted by molar-refractivity contribution is 9.11. The molecule has 0 atom stereocenters. The highest BCUT2D eigenvalue weighted by Gasteiger charge is 2.22. The van der Waals surface area contributed by atoms with Crippen LogP contribution in [0.5, 0.6) is 0 Å². The number of aromatic nitrogens is 1. The van der Waals surface area contributed by atoms with Crippen molar-refractivity contribution in [3.8, 4) is 11.3 Å². The Hall–Kier alpha value is -1.45. The Balaban J connectivity index is 1.84. The van der Waals surface area contributed by atoms with Crippen LogP contribution in [0.25, 0.3) is 11.3 Å². The van der Waals surface area contributed by atoms with Crippen molar-refractivity contribution < 1.29 is 0 Å². The van der Waals surface area contributed by atoms with E-state index in [4.69, 9.17) is 0 Å². The largest absolute Gasteiger partial charge is 0.256 e. The molecular weight excluding hydrogens is 426 g/mol. The maximum atomic E-state index is 4.67. The van der Waals surface area contributed by atoms with Gasteiger partial charge in [-0.05, 0) is 47.2 Å². The minimum absolute atomic E-state index is 0.0163. The maximum absolute atomic E-state index is 4.67. The van der Waals surface area contributed by atoms with E-state index in [1.807, 2.05) is 24.4 Å². The fraction of sp³-hybridized carbons (Fsp3) is 0.190. The Labute approximate surface area is 160 Å². The second-order valence-electron chi connectivity index (χ2n) is 6.64. The minimum Gasteiger partial charge on any atom is -0.256 e. The number of benzene rings is 2. The number of halogens is 2. The zero-order valence-corrected chi connectivity index (χ0v) is 16.9. The summed E-state index contributed by atoms with van der Waals surface area (Å²) in [6.07, 6.45) is 2.97. The molecule has 0 N–H and O–H groups in total. The van der Waals surface area contributed by atoms with Crippen molar-refractivity contribution in [1.29, 1.82) is 0 Å². The molecular formula is C21H19Br2N. The van der Waals surface area contributed by atoms with Gasteiger partial charge in [-0.3, -0.25) is 4.98 Å². The summed E-state index contributed by atoms with van der Waals surface area (Å²) < 4.78 is 2.19. The average molecular weight is 445 g/mol. The normalized spacial score (nSPS) is 11.5. The summed E-state index contributed by atoms with van der Waals surface area (Å²) in [6, 6.07) is 21.0. The first kappa shape index (κ1) is 17.4. The van der Waals surface area contributed by atoms with Crippen molar-refractivity contribution in [3.63, 3.8) is 0 Å². The van der Waals surface area contributed by atoms with E-state index in [1.54, 1.807) is 0 Å². The van der Waals surface area contributed by atoms with Crippen molar-refractivity contribution >= 4 is 31.9 Å². The number of nitrogens with zero attached hydrogens (tertiary/aromatic N) is 1. The predicted octanol–water partition coefficient (Wildman–Crippen LogP) is 6.79. The summed E-state index contributed by atoms with van der Waals surface area (Å²) in [7, 11) is 0. The molecule has 24 heavy (non-hydrogen) atoms.